The van der Waals surface area contributed by atoms with E-state index < -0.39 is 6.03 Å². The number of hydrogen-bond donors (Lipinski definition) is 3. The van der Waals surface area contributed by atoms with Gasteiger partial charge in [-0.3, -0.25) is 0 Å². The van der Waals surface area contributed by atoms with Crippen LogP contribution >= 0.6 is 11.3 Å². The molecule has 23 heavy (non-hydrogen) atoms. The lowest BCUT2D eigenvalue weighted by Crippen LogP contribution is -2.33. The highest BCUT2D eigenvalue weighted by atomic mass is 32.1. The number of aromatic nitrogens is 2. The molecule has 0 radical (unpaired) electrons. The lowest BCUT2D eigenvalue weighted by atomic mass is 10.1. The van der Waals surface area contributed by atoms with Crippen molar-refractivity contribution in [3.05, 3.63) is 41.5 Å². The molecule has 4 N–H and O–H groups in total. The summed E-state index contributed by atoms with van der Waals surface area (Å²) in [5, 5.41) is 8.92. The Balaban J connectivity index is 1.96. The van der Waals surface area contributed by atoms with E-state index in [2.05, 4.69) is 38.1 Å². The molecule has 7 heteroatoms. The van der Waals surface area contributed by atoms with Gasteiger partial charge in [0.05, 0.1) is 5.39 Å². The average Bonchev–Trinajstić information content (AvgIpc) is 2.95. The molecule has 0 aliphatic rings. The first-order valence-electron chi connectivity index (χ1n) is 7.23. The van der Waals surface area contributed by atoms with Gasteiger partial charge in [-0.25, -0.2) is 14.8 Å². The molecule has 3 rings (SSSR count). The van der Waals surface area contributed by atoms with Crippen molar-refractivity contribution in [1.29, 1.82) is 0 Å². The first-order chi connectivity index (χ1) is 11.1. The second-order valence-electron chi connectivity index (χ2n) is 5.03. The highest BCUT2D eigenvalue weighted by Gasteiger charge is 2.14. The molecule has 0 saturated heterocycles. The van der Waals surface area contributed by atoms with E-state index in [4.69, 9.17) is 5.73 Å². The molecule has 2 aromatic heterocycles. The minimum atomic E-state index is -0.531. The number of urea groups is 1. The first kappa shape index (κ1) is 15.2. The van der Waals surface area contributed by atoms with Crippen molar-refractivity contribution in [2.45, 2.75) is 6.92 Å². The van der Waals surface area contributed by atoms with Crippen LogP contribution in [0.25, 0.3) is 21.3 Å². The fourth-order valence-electron chi connectivity index (χ4n) is 2.37. The molecule has 1 aromatic carbocycles. The summed E-state index contributed by atoms with van der Waals surface area (Å²) < 4.78 is 0. The number of nitrogens with one attached hydrogen (secondary N) is 2. The summed E-state index contributed by atoms with van der Waals surface area (Å²) in [5.74, 6) is 1.49. The van der Waals surface area contributed by atoms with Crippen LogP contribution in [0.15, 0.2) is 35.7 Å². The van der Waals surface area contributed by atoms with Gasteiger partial charge in [-0.15, -0.1) is 11.3 Å². The minimum Gasteiger partial charge on any atom is -0.368 e. The van der Waals surface area contributed by atoms with Gasteiger partial charge in [0, 0.05) is 24.0 Å². The Hall–Kier alpha value is -2.67. The second kappa shape index (κ2) is 6.62. The van der Waals surface area contributed by atoms with E-state index in [0.29, 0.717) is 18.9 Å². The zero-order valence-corrected chi connectivity index (χ0v) is 13.5. The maximum atomic E-state index is 10.7. The summed E-state index contributed by atoms with van der Waals surface area (Å²) in [4.78, 5) is 20.7. The van der Waals surface area contributed by atoms with Crippen LogP contribution in [0.1, 0.15) is 5.82 Å². The second-order valence-corrected chi connectivity index (χ2v) is 5.89. The van der Waals surface area contributed by atoms with Crippen molar-refractivity contribution in [3.63, 3.8) is 0 Å². The number of nitrogens with zero attached hydrogens (tertiary/aromatic N) is 2. The average molecular weight is 327 g/mol. The summed E-state index contributed by atoms with van der Waals surface area (Å²) >= 11 is 1.60. The monoisotopic (exact) mass is 327 g/mol. The van der Waals surface area contributed by atoms with Crippen molar-refractivity contribution in [2.75, 3.05) is 18.4 Å². The zero-order valence-electron chi connectivity index (χ0n) is 12.7. The SMILES string of the molecule is Cc1nc(NCCNC(N)=O)c2c(-c3ccccc3)csc2n1. The Morgan fingerprint density at radius 3 is 2.74 bits per heavy atom. The molecule has 0 bridgehead atoms. The van der Waals surface area contributed by atoms with Crippen molar-refractivity contribution < 1.29 is 4.79 Å². The minimum absolute atomic E-state index is 0.435. The number of fused-ring (bicyclic) bond motifs is 1. The summed E-state index contributed by atoms with van der Waals surface area (Å²) in [7, 11) is 0. The molecule has 2 heterocycles. The number of carbonyl (C=O) groups excluding carboxylic acids is 1. The van der Waals surface area contributed by atoms with E-state index in [9.17, 15) is 4.79 Å². The molecule has 0 fully saturated rings. The van der Waals surface area contributed by atoms with Gasteiger partial charge in [0.25, 0.3) is 0 Å². The van der Waals surface area contributed by atoms with Gasteiger partial charge < -0.3 is 16.4 Å². The number of benzene rings is 1. The quantitative estimate of drug-likeness (QED) is 0.628. The number of aryl methyl sites for hydroxylation is 1. The number of primary amides is 1. The Labute approximate surface area is 137 Å². The number of rotatable bonds is 5. The number of anilines is 1. The maximum absolute atomic E-state index is 10.7. The van der Waals surface area contributed by atoms with E-state index in [-0.39, 0.29) is 0 Å². The van der Waals surface area contributed by atoms with E-state index >= 15 is 0 Å². The Morgan fingerprint density at radius 2 is 2.00 bits per heavy atom. The highest BCUT2D eigenvalue weighted by molar-refractivity contribution is 7.17. The molecule has 2 amide bonds. The van der Waals surface area contributed by atoms with Gasteiger partial charge in [0.2, 0.25) is 0 Å². The fraction of sp³-hybridized carbons (Fsp3) is 0.188. The smallest absolute Gasteiger partial charge is 0.312 e. The standard InChI is InChI=1S/C16H17N5OS/c1-10-20-14(18-7-8-19-16(17)22)13-12(9-23-15(13)21-10)11-5-3-2-4-6-11/h2-6,9H,7-8H2,1H3,(H3,17,19,22)(H,18,20,21). The van der Waals surface area contributed by atoms with E-state index in [0.717, 1.165) is 27.2 Å². The Morgan fingerprint density at radius 1 is 1.22 bits per heavy atom. The molecular weight excluding hydrogens is 310 g/mol. The van der Waals surface area contributed by atoms with Crippen molar-refractivity contribution in [2.24, 2.45) is 5.73 Å². The number of thiophene rings is 1. The van der Waals surface area contributed by atoms with E-state index in [1.54, 1.807) is 11.3 Å². The zero-order chi connectivity index (χ0) is 16.2. The summed E-state index contributed by atoms with van der Waals surface area (Å²) in [6.07, 6.45) is 0. The van der Waals surface area contributed by atoms with Crippen LogP contribution in [0, 0.1) is 6.92 Å². The molecule has 6 nitrogen and oxygen atoms in total. The predicted octanol–water partition coefficient (Wildman–Crippen LogP) is 2.75. The number of carbonyl (C=O) groups is 1. The van der Waals surface area contributed by atoms with Crippen LogP contribution in [-0.2, 0) is 0 Å². The first-order valence-corrected chi connectivity index (χ1v) is 8.11. The van der Waals surface area contributed by atoms with Crippen LogP contribution < -0.4 is 16.4 Å². The van der Waals surface area contributed by atoms with E-state index in [1.807, 2.05) is 25.1 Å². The van der Waals surface area contributed by atoms with Crippen LogP contribution in [0.5, 0.6) is 0 Å². The van der Waals surface area contributed by atoms with Crippen molar-refractivity contribution >= 4 is 33.4 Å². The van der Waals surface area contributed by atoms with Gasteiger partial charge in [-0.1, -0.05) is 30.3 Å². The normalized spacial score (nSPS) is 10.7. The molecule has 0 aliphatic carbocycles. The molecule has 0 aliphatic heterocycles. The lowest BCUT2D eigenvalue weighted by molar-refractivity contribution is 0.249. The van der Waals surface area contributed by atoms with Crippen LogP contribution in [0.2, 0.25) is 0 Å². The third-order valence-electron chi connectivity index (χ3n) is 3.35. The molecule has 0 atom stereocenters. The lowest BCUT2D eigenvalue weighted by Gasteiger charge is -2.09. The molecule has 3 aromatic rings. The molecule has 118 valence electrons. The third-order valence-corrected chi connectivity index (χ3v) is 4.22. The molecular formula is C16H17N5OS. The van der Waals surface area contributed by atoms with Crippen LogP contribution in [0.4, 0.5) is 10.6 Å². The van der Waals surface area contributed by atoms with Crippen molar-refractivity contribution in [3.8, 4) is 11.1 Å². The summed E-state index contributed by atoms with van der Waals surface area (Å²) in [6.45, 7) is 2.84. The van der Waals surface area contributed by atoms with Crippen LogP contribution in [0.3, 0.4) is 0 Å². The number of amides is 2. The summed E-state index contributed by atoms with van der Waals surface area (Å²) in [6, 6.07) is 9.62. The maximum Gasteiger partial charge on any atom is 0.312 e. The Kier molecular flexibility index (Phi) is 4.38. The number of nitrogens with two attached hydrogens (primary N) is 1. The van der Waals surface area contributed by atoms with Gasteiger partial charge in [0.1, 0.15) is 16.5 Å². The number of hydrogen-bond acceptors (Lipinski definition) is 5. The largest absolute Gasteiger partial charge is 0.368 e. The summed E-state index contributed by atoms with van der Waals surface area (Å²) in [5.41, 5.74) is 7.30. The van der Waals surface area contributed by atoms with Crippen molar-refractivity contribution in [1.82, 2.24) is 15.3 Å². The van der Waals surface area contributed by atoms with Crippen LogP contribution in [-0.4, -0.2) is 29.1 Å². The van der Waals surface area contributed by atoms with E-state index in [1.165, 1.54) is 0 Å². The van der Waals surface area contributed by atoms with Gasteiger partial charge in [0.15, 0.2) is 0 Å². The third kappa shape index (κ3) is 3.40. The fourth-order valence-corrected chi connectivity index (χ4v) is 3.37. The molecule has 0 unspecified atom stereocenters. The topological polar surface area (TPSA) is 92.9 Å². The van der Waals surface area contributed by atoms with Gasteiger partial charge >= 0.3 is 6.03 Å². The molecule has 0 spiro atoms. The Bertz CT molecular complexity index is 831. The van der Waals surface area contributed by atoms with Gasteiger partial charge in [-0.05, 0) is 12.5 Å². The molecule has 0 saturated carbocycles. The van der Waals surface area contributed by atoms with Gasteiger partial charge in [-0.2, -0.15) is 0 Å². The highest BCUT2D eigenvalue weighted by Crippen LogP contribution is 2.36. The predicted molar refractivity (Wildman–Crippen MR) is 93.7 cm³/mol.